The van der Waals surface area contributed by atoms with Crippen LogP contribution in [0.1, 0.15) is 43.0 Å². The van der Waals surface area contributed by atoms with Crippen molar-refractivity contribution in [3.8, 4) is 0 Å². The van der Waals surface area contributed by atoms with Crippen LogP contribution < -0.4 is 0 Å². The van der Waals surface area contributed by atoms with E-state index in [1.165, 1.54) is 12.1 Å². The van der Waals surface area contributed by atoms with E-state index in [-0.39, 0.29) is 5.82 Å². The van der Waals surface area contributed by atoms with Crippen LogP contribution in [0.3, 0.4) is 0 Å². The van der Waals surface area contributed by atoms with Crippen molar-refractivity contribution in [3.63, 3.8) is 0 Å². The lowest BCUT2D eigenvalue weighted by atomic mass is 9.88. The molecule has 2 heterocycles. The second kappa shape index (κ2) is 8.57. The minimum Gasteiger partial charge on any atom is -0.383 e. The molecule has 1 aromatic carbocycles. The van der Waals surface area contributed by atoms with Gasteiger partial charge in [-0.15, -0.1) is 11.3 Å². The number of thiazole rings is 1. The topological polar surface area (TPSA) is 39.6 Å². The van der Waals surface area contributed by atoms with E-state index >= 15 is 0 Å². The van der Waals surface area contributed by atoms with Crippen LogP contribution >= 0.6 is 11.3 Å². The summed E-state index contributed by atoms with van der Waals surface area (Å²) in [6.45, 7) is 9.60. The highest BCUT2D eigenvalue weighted by molar-refractivity contribution is 7.09. The molecule has 0 spiro atoms. The molecule has 6 heteroatoms. The van der Waals surface area contributed by atoms with Crippen LogP contribution in [0, 0.1) is 5.82 Å². The molecule has 4 nitrogen and oxygen atoms in total. The fraction of sp³-hybridized carbons (Fsp3) is 0.550. The van der Waals surface area contributed by atoms with Gasteiger partial charge in [0.1, 0.15) is 16.4 Å². The normalized spacial score (nSPS) is 17.7. The predicted octanol–water partition coefficient (Wildman–Crippen LogP) is 3.61. The highest BCUT2D eigenvalue weighted by atomic mass is 32.1. The molecule has 0 bridgehead atoms. The second-order valence-corrected chi connectivity index (χ2v) is 7.96. The fourth-order valence-electron chi connectivity index (χ4n) is 3.42. The summed E-state index contributed by atoms with van der Waals surface area (Å²) in [6, 6.07) is 6.66. The average Bonchev–Trinajstić information content (AvgIpc) is 3.13. The largest absolute Gasteiger partial charge is 0.383 e. The van der Waals surface area contributed by atoms with E-state index in [0.717, 1.165) is 55.5 Å². The molecular formula is C20H28FN3OS. The third-order valence-corrected chi connectivity index (χ3v) is 6.12. The van der Waals surface area contributed by atoms with Gasteiger partial charge in [0.05, 0.1) is 12.2 Å². The standard InChI is InChI=1S/C20H28FN3OS/c1-3-23(4-2)14-19-22-18(15-26-19)20(25)9-11-24(12-10-20)13-16-5-7-17(21)8-6-16/h5-8,15,25H,3-4,9-14H2,1-2H3. The number of hydrogen-bond acceptors (Lipinski definition) is 5. The lowest BCUT2D eigenvalue weighted by Crippen LogP contribution is -2.42. The predicted molar refractivity (Wildman–Crippen MR) is 104 cm³/mol. The highest BCUT2D eigenvalue weighted by Gasteiger charge is 2.36. The van der Waals surface area contributed by atoms with E-state index < -0.39 is 5.60 Å². The van der Waals surface area contributed by atoms with Crippen LogP contribution in [0.5, 0.6) is 0 Å². The minimum absolute atomic E-state index is 0.203. The van der Waals surface area contributed by atoms with Gasteiger partial charge in [-0.2, -0.15) is 0 Å². The van der Waals surface area contributed by atoms with Crippen molar-refractivity contribution in [1.29, 1.82) is 0 Å². The Balaban J connectivity index is 1.57. The molecule has 0 radical (unpaired) electrons. The van der Waals surface area contributed by atoms with Crippen molar-refractivity contribution in [2.24, 2.45) is 0 Å². The number of likely N-dealkylation sites (tertiary alicyclic amines) is 1. The SMILES string of the molecule is CCN(CC)Cc1nc(C2(O)CCN(Cc3ccc(F)cc3)CC2)cs1. The monoisotopic (exact) mass is 377 g/mol. The third-order valence-electron chi connectivity index (χ3n) is 5.28. The van der Waals surface area contributed by atoms with Crippen molar-refractivity contribution in [1.82, 2.24) is 14.8 Å². The molecule has 3 rings (SSSR count). The molecule has 1 aliphatic rings. The van der Waals surface area contributed by atoms with Crippen molar-refractivity contribution < 1.29 is 9.50 Å². The van der Waals surface area contributed by atoms with E-state index in [2.05, 4.69) is 23.6 Å². The van der Waals surface area contributed by atoms with E-state index in [1.807, 2.05) is 17.5 Å². The lowest BCUT2D eigenvalue weighted by molar-refractivity contribution is -0.0307. The summed E-state index contributed by atoms with van der Waals surface area (Å²) in [4.78, 5) is 9.37. The van der Waals surface area contributed by atoms with Gasteiger partial charge in [-0.3, -0.25) is 9.80 Å². The maximum Gasteiger partial charge on any atom is 0.123 e. The molecule has 1 saturated heterocycles. The average molecular weight is 378 g/mol. The van der Waals surface area contributed by atoms with Gasteiger partial charge in [0.15, 0.2) is 0 Å². The summed E-state index contributed by atoms with van der Waals surface area (Å²) in [5.74, 6) is -0.203. The molecule has 1 aliphatic heterocycles. The number of aliphatic hydroxyl groups is 1. The Morgan fingerprint density at radius 2 is 1.85 bits per heavy atom. The summed E-state index contributed by atoms with van der Waals surface area (Å²) < 4.78 is 13.0. The zero-order valence-electron chi connectivity index (χ0n) is 15.6. The molecule has 2 aromatic rings. The molecular weight excluding hydrogens is 349 g/mol. The van der Waals surface area contributed by atoms with Gasteiger partial charge in [-0.05, 0) is 43.6 Å². The molecule has 142 valence electrons. The van der Waals surface area contributed by atoms with Crippen molar-refractivity contribution >= 4 is 11.3 Å². The molecule has 0 aliphatic carbocycles. The first-order chi connectivity index (χ1) is 12.5. The van der Waals surface area contributed by atoms with Gasteiger partial charge in [0.2, 0.25) is 0 Å². The van der Waals surface area contributed by atoms with Gasteiger partial charge < -0.3 is 5.11 Å². The van der Waals surface area contributed by atoms with Gasteiger partial charge in [-0.1, -0.05) is 26.0 Å². The number of aromatic nitrogens is 1. The Labute approximate surface area is 159 Å². The maximum atomic E-state index is 13.0. The lowest BCUT2D eigenvalue weighted by Gasteiger charge is -2.37. The number of benzene rings is 1. The summed E-state index contributed by atoms with van der Waals surface area (Å²) in [5, 5.41) is 14.2. The van der Waals surface area contributed by atoms with Crippen molar-refractivity contribution in [2.75, 3.05) is 26.2 Å². The maximum absolute atomic E-state index is 13.0. The molecule has 1 fully saturated rings. The number of nitrogens with zero attached hydrogens (tertiary/aromatic N) is 3. The van der Waals surface area contributed by atoms with E-state index in [9.17, 15) is 9.50 Å². The quantitative estimate of drug-likeness (QED) is 0.800. The smallest absolute Gasteiger partial charge is 0.123 e. The second-order valence-electron chi connectivity index (χ2n) is 7.02. The first kappa shape index (κ1) is 19.4. The Bertz CT molecular complexity index is 691. The Morgan fingerprint density at radius 1 is 1.19 bits per heavy atom. The van der Waals surface area contributed by atoms with Crippen LogP contribution in [-0.2, 0) is 18.7 Å². The minimum atomic E-state index is -0.822. The zero-order chi connectivity index (χ0) is 18.6. The highest BCUT2D eigenvalue weighted by Crippen LogP contribution is 2.34. The van der Waals surface area contributed by atoms with Gasteiger partial charge in [-0.25, -0.2) is 9.37 Å². The van der Waals surface area contributed by atoms with E-state index in [0.29, 0.717) is 12.8 Å². The van der Waals surface area contributed by atoms with Gasteiger partial charge in [0.25, 0.3) is 0 Å². The van der Waals surface area contributed by atoms with Crippen LogP contribution in [-0.4, -0.2) is 46.1 Å². The fourth-order valence-corrected chi connectivity index (χ4v) is 4.35. The number of piperidine rings is 1. The Kier molecular flexibility index (Phi) is 6.40. The van der Waals surface area contributed by atoms with Crippen molar-refractivity contribution in [3.05, 3.63) is 51.7 Å². The molecule has 1 N–H and O–H groups in total. The summed E-state index contributed by atoms with van der Waals surface area (Å²) in [6.07, 6.45) is 1.37. The molecule has 1 aromatic heterocycles. The van der Waals surface area contributed by atoms with Crippen LogP contribution in [0.2, 0.25) is 0 Å². The van der Waals surface area contributed by atoms with E-state index in [4.69, 9.17) is 4.98 Å². The number of halogens is 1. The Hall–Kier alpha value is -1.34. The summed E-state index contributed by atoms with van der Waals surface area (Å²) >= 11 is 1.64. The van der Waals surface area contributed by atoms with Crippen LogP contribution in [0.15, 0.2) is 29.6 Å². The van der Waals surface area contributed by atoms with Gasteiger partial charge >= 0.3 is 0 Å². The zero-order valence-corrected chi connectivity index (χ0v) is 16.4. The molecule has 0 amide bonds. The molecule has 0 unspecified atom stereocenters. The summed E-state index contributed by atoms with van der Waals surface area (Å²) in [5.41, 5.74) is 1.11. The summed E-state index contributed by atoms with van der Waals surface area (Å²) in [7, 11) is 0. The van der Waals surface area contributed by atoms with Crippen LogP contribution in [0.4, 0.5) is 4.39 Å². The first-order valence-corrected chi connectivity index (χ1v) is 10.3. The van der Waals surface area contributed by atoms with Crippen molar-refractivity contribution in [2.45, 2.75) is 45.4 Å². The molecule has 0 saturated carbocycles. The Morgan fingerprint density at radius 3 is 2.46 bits per heavy atom. The van der Waals surface area contributed by atoms with E-state index in [1.54, 1.807) is 11.3 Å². The third kappa shape index (κ3) is 4.68. The van der Waals surface area contributed by atoms with Crippen LogP contribution in [0.25, 0.3) is 0 Å². The number of rotatable bonds is 7. The molecule has 0 atom stereocenters. The molecule has 26 heavy (non-hydrogen) atoms. The first-order valence-electron chi connectivity index (χ1n) is 9.39. The number of hydrogen-bond donors (Lipinski definition) is 1. The van der Waals surface area contributed by atoms with Gasteiger partial charge in [0, 0.05) is 25.0 Å².